The summed E-state index contributed by atoms with van der Waals surface area (Å²) in [5.41, 5.74) is 11.5. The summed E-state index contributed by atoms with van der Waals surface area (Å²) < 4.78 is 1.85. The molecule has 1 aromatic heterocycles. The quantitative estimate of drug-likeness (QED) is 0.852. The summed E-state index contributed by atoms with van der Waals surface area (Å²) in [5.74, 6) is 0. The lowest BCUT2D eigenvalue weighted by Crippen LogP contribution is -2.16. The first kappa shape index (κ1) is 10.5. The van der Waals surface area contributed by atoms with Crippen LogP contribution in [0.1, 0.15) is 34.8 Å². The summed E-state index contributed by atoms with van der Waals surface area (Å²) in [5, 5.41) is 4.17. The zero-order valence-electron chi connectivity index (χ0n) is 10.1. The highest BCUT2D eigenvalue weighted by Crippen LogP contribution is 2.26. The van der Waals surface area contributed by atoms with E-state index in [-0.39, 0.29) is 6.04 Å². The van der Waals surface area contributed by atoms with Gasteiger partial charge >= 0.3 is 0 Å². The van der Waals surface area contributed by atoms with Gasteiger partial charge in [-0.15, -0.1) is 0 Å². The summed E-state index contributed by atoms with van der Waals surface area (Å²) in [6.45, 7) is 0. The second-order valence-electron chi connectivity index (χ2n) is 4.74. The van der Waals surface area contributed by atoms with Crippen molar-refractivity contribution in [3.05, 3.63) is 52.8 Å². The van der Waals surface area contributed by atoms with Gasteiger partial charge in [-0.3, -0.25) is 4.68 Å². The lowest BCUT2D eigenvalue weighted by molar-refractivity contribution is 0.673. The van der Waals surface area contributed by atoms with Crippen molar-refractivity contribution in [3.63, 3.8) is 0 Å². The molecule has 0 bridgehead atoms. The fraction of sp³-hybridized carbons (Fsp3) is 0.357. The van der Waals surface area contributed by atoms with Crippen LogP contribution in [-0.2, 0) is 19.9 Å². The highest BCUT2D eigenvalue weighted by molar-refractivity contribution is 5.38. The first-order chi connectivity index (χ1) is 8.25. The second kappa shape index (κ2) is 4.00. The summed E-state index contributed by atoms with van der Waals surface area (Å²) in [6.07, 6.45) is 5.49. The third-order valence-electron chi connectivity index (χ3n) is 3.66. The molecule has 0 saturated heterocycles. The number of aryl methyl sites for hydroxylation is 3. The number of benzene rings is 1. The highest BCUT2D eigenvalue weighted by Gasteiger charge is 2.16. The predicted octanol–water partition coefficient (Wildman–Crippen LogP) is 1.96. The van der Waals surface area contributed by atoms with Crippen molar-refractivity contribution in [2.45, 2.75) is 25.3 Å². The van der Waals surface area contributed by atoms with Gasteiger partial charge in [-0.05, 0) is 42.0 Å². The SMILES string of the molecule is Cn1nccc1C(N)c1ccc2c(c1)CCC2. The van der Waals surface area contributed by atoms with Gasteiger partial charge in [-0.1, -0.05) is 18.2 Å². The molecule has 3 nitrogen and oxygen atoms in total. The number of nitrogens with two attached hydrogens (primary N) is 1. The Morgan fingerprint density at radius 1 is 1.24 bits per heavy atom. The van der Waals surface area contributed by atoms with Crippen molar-refractivity contribution in [1.82, 2.24) is 9.78 Å². The Labute approximate surface area is 101 Å². The maximum atomic E-state index is 6.29. The van der Waals surface area contributed by atoms with Crippen LogP contribution >= 0.6 is 0 Å². The molecule has 3 rings (SSSR count). The van der Waals surface area contributed by atoms with E-state index in [1.165, 1.54) is 36.0 Å². The van der Waals surface area contributed by atoms with Crippen LogP contribution in [0.2, 0.25) is 0 Å². The molecule has 0 spiro atoms. The van der Waals surface area contributed by atoms with Crippen LogP contribution in [0, 0.1) is 0 Å². The number of fused-ring (bicyclic) bond motifs is 1. The van der Waals surface area contributed by atoms with Crippen LogP contribution in [0.15, 0.2) is 30.5 Å². The molecule has 1 aliphatic carbocycles. The van der Waals surface area contributed by atoms with Gasteiger partial charge in [0.1, 0.15) is 0 Å². The van der Waals surface area contributed by atoms with Crippen molar-refractivity contribution in [2.24, 2.45) is 12.8 Å². The van der Waals surface area contributed by atoms with Crippen LogP contribution in [0.25, 0.3) is 0 Å². The van der Waals surface area contributed by atoms with Gasteiger partial charge in [0.25, 0.3) is 0 Å². The maximum Gasteiger partial charge on any atom is 0.0723 e. The maximum absolute atomic E-state index is 6.29. The third kappa shape index (κ3) is 1.76. The number of aromatic nitrogens is 2. The summed E-state index contributed by atoms with van der Waals surface area (Å²) in [4.78, 5) is 0. The van der Waals surface area contributed by atoms with E-state index in [4.69, 9.17) is 5.73 Å². The zero-order valence-corrected chi connectivity index (χ0v) is 10.1. The van der Waals surface area contributed by atoms with Crippen LogP contribution in [0.4, 0.5) is 0 Å². The Kier molecular flexibility index (Phi) is 2.48. The molecule has 0 saturated carbocycles. The number of nitrogens with zero attached hydrogens (tertiary/aromatic N) is 2. The van der Waals surface area contributed by atoms with E-state index in [0.717, 1.165) is 5.69 Å². The van der Waals surface area contributed by atoms with Gasteiger partial charge in [-0.2, -0.15) is 5.10 Å². The normalized spacial score (nSPS) is 15.9. The molecule has 1 aliphatic rings. The molecule has 0 aliphatic heterocycles. The Morgan fingerprint density at radius 3 is 2.82 bits per heavy atom. The summed E-state index contributed by atoms with van der Waals surface area (Å²) >= 11 is 0. The van der Waals surface area contributed by atoms with Gasteiger partial charge < -0.3 is 5.73 Å². The first-order valence-corrected chi connectivity index (χ1v) is 6.11. The van der Waals surface area contributed by atoms with Gasteiger partial charge in [0.05, 0.1) is 11.7 Å². The molecule has 0 radical (unpaired) electrons. The molecule has 2 aromatic rings. The van der Waals surface area contributed by atoms with Crippen LogP contribution in [0.5, 0.6) is 0 Å². The standard InChI is InChI=1S/C14H17N3/c1-17-13(7-8-16-17)14(15)12-6-5-10-3-2-4-11(10)9-12/h5-9,14H,2-4,15H2,1H3. The van der Waals surface area contributed by atoms with Gasteiger partial charge in [0, 0.05) is 13.2 Å². The molecule has 0 amide bonds. The Bertz CT molecular complexity index is 542. The molecule has 1 heterocycles. The van der Waals surface area contributed by atoms with E-state index in [9.17, 15) is 0 Å². The van der Waals surface area contributed by atoms with Crippen molar-refractivity contribution in [1.29, 1.82) is 0 Å². The van der Waals surface area contributed by atoms with Crippen molar-refractivity contribution in [2.75, 3.05) is 0 Å². The van der Waals surface area contributed by atoms with E-state index in [2.05, 4.69) is 23.3 Å². The minimum Gasteiger partial charge on any atom is -0.319 e. The predicted molar refractivity (Wildman–Crippen MR) is 67.7 cm³/mol. The number of hydrogen-bond donors (Lipinski definition) is 1. The van der Waals surface area contributed by atoms with E-state index >= 15 is 0 Å². The largest absolute Gasteiger partial charge is 0.319 e. The lowest BCUT2D eigenvalue weighted by Gasteiger charge is -2.14. The van der Waals surface area contributed by atoms with Crippen LogP contribution in [0.3, 0.4) is 0 Å². The molecule has 17 heavy (non-hydrogen) atoms. The smallest absolute Gasteiger partial charge is 0.0723 e. The monoisotopic (exact) mass is 227 g/mol. The molecule has 3 heteroatoms. The Hall–Kier alpha value is -1.61. The van der Waals surface area contributed by atoms with Crippen molar-refractivity contribution >= 4 is 0 Å². The fourth-order valence-corrected chi connectivity index (χ4v) is 2.65. The molecule has 2 N–H and O–H groups in total. The average molecular weight is 227 g/mol. The van der Waals surface area contributed by atoms with Crippen molar-refractivity contribution in [3.8, 4) is 0 Å². The zero-order chi connectivity index (χ0) is 11.8. The molecule has 0 fully saturated rings. The minimum absolute atomic E-state index is 0.0756. The minimum atomic E-state index is -0.0756. The molecule has 1 unspecified atom stereocenters. The van der Waals surface area contributed by atoms with Crippen LogP contribution < -0.4 is 5.73 Å². The van der Waals surface area contributed by atoms with Gasteiger partial charge in [0.2, 0.25) is 0 Å². The van der Waals surface area contributed by atoms with E-state index in [0.29, 0.717) is 0 Å². The third-order valence-corrected chi connectivity index (χ3v) is 3.66. The lowest BCUT2D eigenvalue weighted by atomic mass is 10.00. The molecular formula is C14H17N3. The molecule has 1 aromatic carbocycles. The van der Waals surface area contributed by atoms with Crippen LogP contribution in [-0.4, -0.2) is 9.78 Å². The fourth-order valence-electron chi connectivity index (χ4n) is 2.65. The van der Waals surface area contributed by atoms with E-state index in [1.807, 2.05) is 17.8 Å². The summed E-state index contributed by atoms with van der Waals surface area (Å²) in [7, 11) is 1.93. The van der Waals surface area contributed by atoms with E-state index in [1.54, 1.807) is 6.20 Å². The van der Waals surface area contributed by atoms with Gasteiger partial charge in [-0.25, -0.2) is 0 Å². The number of rotatable bonds is 2. The van der Waals surface area contributed by atoms with E-state index < -0.39 is 0 Å². The first-order valence-electron chi connectivity index (χ1n) is 6.11. The highest BCUT2D eigenvalue weighted by atomic mass is 15.3. The van der Waals surface area contributed by atoms with Crippen molar-refractivity contribution < 1.29 is 0 Å². The summed E-state index contributed by atoms with van der Waals surface area (Å²) in [6, 6.07) is 8.56. The average Bonchev–Trinajstić information content (AvgIpc) is 2.95. The Balaban J connectivity index is 1.97. The molecule has 88 valence electrons. The number of hydrogen-bond acceptors (Lipinski definition) is 2. The van der Waals surface area contributed by atoms with Gasteiger partial charge in [0.15, 0.2) is 0 Å². The molecular weight excluding hydrogens is 210 g/mol. The second-order valence-corrected chi connectivity index (χ2v) is 4.74. The Morgan fingerprint density at radius 2 is 2.06 bits per heavy atom. The molecule has 1 atom stereocenters. The topological polar surface area (TPSA) is 43.8 Å².